The van der Waals surface area contributed by atoms with Crippen LogP contribution in [0.5, 0.6) is 0 Å². The quantitative estimate of drug-likeness (QED) is 0.613. The zero-order valence-electron chi connectivity index (χ0n) is 18.2. The molecular weight excluding hydrogens is 388 g/mol. The second kappa shape index (κ2) is 8.81. The summed E-state index contributed by atoms with van der Waals surface area (Å²) in [5.41, 5.74) is 1.69. The lowest BCUT2D eigenvalue weighted by atomic mass is 9.91. The van der Waals surface area contributed by atoms with Crippen molar-refractivity contribution in [1.29, 1.82) is 0 Å². The molecule has 2 heterocycles. The molecule has 162 valence electrons. The largest absolute Gasteiger partial charge is 0.383 e. The normalized spacial score (nSPS) is 17.8. The zero-order chi connectivity index (χ0) is 21.2. The molecule has 3 aromatic rings. The van der Waals surface area contributed by atoms with Gasteiger partial charge in [-0.2, -0.15) is 0 Å². The fraction of sp³-hybridized carbons (Fsp3) is 0.440. The number of hydrogen-bond acceptors (Lipinski definition) is 4. The summed E-state index contributed by atoms with van der Waals surface area (Å²) < 4.78 is 7.39. The van der Waals surface area contributed by atoms with Crippen LogP contribution in [0.2, 0.25) is 0 Å². The van der Waals surface area contributed by atoms with E-state index < -0.39 is 0 Å². The molecule has 0 radical (unpaired) electrons. The average molecular weight is 419 g/mol. The molecule has 31 heavy (non-hydrogen) atoms. The maximum Gasteiger partial charge on any atom is 0.272 e. The predicted octanol–water partition coefficient (Wildman–Crippen LogP) is 3.66. The first-order valence-electron chi connectivity index (χ1n) is 11.3. The molecule has 1 aliphatic heterocycles. The Balaban J connectivity index is 1.44. The molecule has 0 atom stereocenters. The van der Waals surface area contributed by atoms with E-state index in [0.717, 1.165) is 49.0 Å². The topological polar surface area (TPSA) is 50.6 Å². The van der Waals surface area contributed by atoms with Gasteiger partial charge in [-0.3, -0.25) is 9.69 Å². The van der Waals surface area contributed by atoms with Gasteiger partial charge in [0.1, 0.15) is 11.5 Å². The van der Waals surface area contributed by atoms with Gasteiger partial charge < -0.3 is 14.2 Å². The van der Waals surface area contributed by atoms with Crippen molar-refractivity contribution in [3.63, 3.8) is 0 Å². The van der Waals surface area contributed by atoms with Crippen LogP contribution in [0, 0.1) is 0 Å². The summed E-state index contributed by atoms with van der Waals surface area (Å²) in [4.78, 5) is 22.7. The van der Waals surface area contributed by atoms with Crippen molar-refractivity contribution in [2.75, 3.05) is 39.9 Å². The number of imidazole rings is 1. The zero-order valence-corrected chi connectivity index (χ0v) is 18.2. The van der Waals surface area contributed by atoms with E-state index in [9.17, 15) is 4.79 Å². The summed E-state index contributed by atoms with van der Waals surface area (Å²) in [5.74, 6) is 0.897. The number of methoxy groups -OCH3 is 1. The van der Waals surface area contributed by atoms with Crippen LogP contribution in [0.1, 0.15) is 29.8 Å². The van der Waals surface area contributed by atoms with E-state index in [-0.39, 0.29) is 5.91 Å². The minimum Gasteiger partial charge on any atom is -0.383 e. The number of fused-ring (bicyclic) bond motifs is 1. The van der Waals surface area contributed by atoms with Gasteiger partial charge >= 0.3 is 0 Å². The first-order valence-corrected chi connectivity index (χ1v) is 11.3. The van der Waals surface area contributed by atoms with Gasteiger partial charge in [0.15, 0.2) is 0 Å². The monoisotopic (exact) mass is 418 g/mol. The van der Waals surface area contributed by atoms with Gasteiger partial charge in [0.05, 0.1) is 12.8 Å². The van der Waals surface area contributed by atoms with Crippen molar-refractivity contribution in [3.05, 3.63) is 54.4 Å². The highest BCUT2D eigenvalue weighted by atomic mass is 16.5. The molecule has 0 bridgehead atoms. The molecule has 2 aromatic carbocycles. The summed E-state index contributed by atoms with van der Waals surface area (Å²) in [7, 11) is 1.69. The molecule has 2 aliphatic rings. The van der Waals surface area contributed by atoms with E-state index in [1.165, 1.54) is 24.6 Å². The molecule has 5 rings (SSSR count). The highest BCUT2D eigenvalue weighted by molar-refractivity contribution is 5.97. The number of aromatic nitrogens is 2. The predicted molar refractivity (Wildman–Crippen MR) is 122 cm³/mol. The molecule has 1 saturated heterocycles. The maximum atomic E-state index is 13.5. The van der Waals surface area contributed by atoms with Crippen molar-refractivity contribution in [3.8, 4) is 11.4 Å². The first kappa shape index (κ1) is 20.2. The Bertz CT molecular complexity index is 1060. The van der Waals surface area contributed by atoms with E-state index in [1.54, 1.807) is 13.3 Å². The van der Waals surface area contributed by atoms with Crippen molar-refractivity contribution >= 4 is 16.7 Å². The van der Waals surface area contributed by atoms with Gasteiger partial charge in [-0.15, -0.1) is 0 Å². The third-order valence-corrected chi connectivity index (χ3v) is 6.82. The second-order valence-corrected chi connectivity index (χ2v) is 8.55. The van der Waals surface area contributed by atoms with E-state index in [2.05, 4.69) is 29.2 Å². The van der Waals surface area contributed by atoms with Crippen molar-refractivity contribution in [2.45, 2.75) is 31.8 Å². The Labute approximate surface area is 183 Å². The van der Waals surface area contributed by atoms with E-state index in [0.29, 0.717) is 18.8 Å². The second-order valence-electron chi connectivity index (χ2n) is 8.55. The molecule has 1 amide bonds. The van der Waals surface area contributed by atoms with Crippen LogP contribution >= 0.6 is 0 Å². The van der Waals surface area contributed by atoms with Crippen molar-refractivity contribution in [1.82, 2.24) is 19.4 Å². The average Bonchev–Trinajstić information content (AvgIpc) is 3.19. The summed E-state index contributed by atoms with van der Waals surface area (Å²) >= 11 is 0. The van der Waals surface area contributed by atoms with Gasteiger partial charge in [0, 0.05) is 51.4 Å². The summed E-state index contributed by atoms with van der Waals surface area (Å²) in [6.07, 6.45) is 5.71. The lowest BCUT2D eigenvalue weighted by Gasteiger charge is -2.42. The minimum atomic E-state index is 0.0725. The molecule has 1 aliphatic carbocycles. The fourth-order valence-corrected chi connectivity index (χ4v) is 4.79. The standard InChI is InChI=1S/C25H30N4O2/c1-31-17-16-29-23(25(30)28-14-12-27(13-15-28)20-8-5-9-20)18-26-24(29)22-11-4-7-19-6-2-3-10-21(19)22/h2-4,6-7,10-11,18,20H,5,8-9,12-17H2,1H3. The summed E-state index contributed by atoms with van der Waals surface area (Å²) in [6, 6.07) is 15.3. The number of benzene rings is 2. The minimum absolute atomic E-state index is 0.0725. The van der Waals surface area contributed by atoms with Crippen molar-refractivity contribution < 1.29 is 9.53 Å². The summed E-state index contributed by atoms with van der Waals surface area (Å²) in [6.45, 7) is 4.64. The van der Waals surface area contributed by atoms with E-state index >= 15 is 0 Å². The molecule has 6 nitrogen and oxygen atoms in total. The molecule has 1 saturated carbocycles. The number of nitrogens with zero attached hydrogens (tertiary/aromatic N) is 4. The molecule has 0 N–H and O–H groups in total. The molecule has 1 aromatic heterocycles. The van der Waals surface area contributed by atoms with Gasteiger partial charge in [-0.25, -0.2) is 4.98 Å². The molecule has 2 fully saturated rings. The fourth-order valence-electron chi connectivity index (χ4n) is 4.79. The number of carbonyl (C=O) groups excluding carboxylic acids is 1. The van der Waals surface area contributed by atoms with Crippen LogP contribution in [-0.2, 0) is 11.3 Å². The maximum absolute atomic E-state index is 13.5. The van der Waals surface area contributed by atoms with Crippen LogP contribution in [-0.4, -0.2) is 71.2 Å². The molecule has 0 spiro atoms. The Hall–Kier alpha value is -2.70. The number of rotatable bonds is 6. The Kier molecular flexibility index (Phi) is 5.74. The van der Waals surface area contributed by atoms with Crippen LogP contribution in [0.3, 0.4) is 0 Å². The SMILES string of the molecule is COCCn1c(C(=O)N2CCN(C3CCC3)CC2)cnc1-c1cccc2ccccc12. The smallest absolute Gasteiger partial charge is 0.272 e. The first-order chi connectivity index (χ1) is 15.3. The number of piperazine rings is 1. The van der Waals surface area contributed by atoms with Crippen LogP contribution in [0.25, 0.3) is 22.2 Å². The van der Waals surface area contributed by atoms with Crippen LogP contribution in [0.15, 0.2) is 48.7 Å². The van der Waals surface area contributed by atoms with Gasteiger partial charge in [0.25, 0.3) is 5.91 Å². The Morgan fingerprint density at radius 3 is 2.58 bits per heavy atom. The lowest BCUT2D eigenvalue weighted by molar-refractivity contribution is 0.0446. The van der Waals surface area contributed by atoms with Crippen molar-refractivity contribution in [2.24, 2.45) is 0 Å². The van der Waals surface area contributed by atoms with E-state index in [1.807, 2.05) is 27.7 Å². The number of hydrogen-bond donors (Lipinski definition) is 0. The highest BCUT2D eigenvalue weighted by Gasteiger charge is 2.31. The van der Waals surface area contributed by atoms with Gasteiger partial charge in [-0.05, 0) is 23.6 Å². The Morgan fingerprint density at radius 1 is 1.06 bits per heavy atom. The summed E-state index contributed by atoms with van der Waals surface area (Å²) in [5, 5.41) is 2.31. The molecular formula is C25H30N4O2. The van der Waals surface area contributed by atoms with Crippen LogP contribution in [0.4, 0.5) is 0 Å². The van der Waals surface area contributed by atoms with Crippen LogP contribution < -0.4 is 0 Å². The van der Waals surface area contributed by atoms with Gasteiger partial charge in [0.2, 0.25) is 0 Å². The Morgan fingerprint density at radius 2 is 1.84 bits per heavy atom. The van der Waals surface area contributed by atoms with E-state index in [4.69, 9.17) is 9.72 Å². The number of ether oxygens (including phenoxy) is 1. The van der Waals surface area contributed by atoms with Gasteiger partial charge in [-0.1, -0.05) is 48.9 Å². The molecule has 0 unspecified atom stereocenters. The third kappa shape index (κ3) is 3.86. The highest BCUT2D eigenvalue weighted by Crippen LogP contribution is 2.29. The number of amides is 1. The lowest BCUT2D eigenvalue weighted by Crippen LogP contribution is -2.53. The third-order valence-electron chi connectivity index (χ3n) is 6.82. The molecule has 6 heteroatoms. The number of carbonyl (C=O) groups is 1.